The fourth-order valence-electron chi connectivity index (χ4n) is 2.26. The summed E-state index contributed by atoms with van der Waals surface area (Å²) in [4.78, 5) is 48.0. The number of carbonyl (C=O) groups is 4. The highest BCUT2D eigenvalue weighted by molar-refractivity contribution is 5.96. The van der Waals surface area contributed by atoms with Crippen LogP contribution in [-0.2, 0) is 28.5 Å². The Kier molecular flexibility index (Phi) is 11.5. The minimum Gasteiger partial charge on any atom is -0.459 e. The Hall–Kier alpha value is -3.95. The molecule has 1 aromatic carbocycles. The van der Waals surface area contributed by atoms with Crippen LogP contribution in [0.5, 0.6) is 5.75 Å². The molecule has 10 nitrogen and oxygen atoms in total. The number of hydrogen-bond acceptors (Lipinski definition) is 10. The molecule has 0 aliphatic rings. The number of esters is 4. The van der Waals surface area contributed by atoms with Gasteiger partial charge in [0, 0.05) is 16.6 Å². The van der Waals surface area contributed by atoms with E-state index in [0.717, 1.165) is 0 Å². The smallest absolute Gasteiger partial charge is 0.338 e. The van der Waals surface area contributed by atoms with E-state index < -0.39 is 29.3 Å². The highest BCUT2D eigenvalue weighted by Gasteiger charge is 2.25. The van der Waals surface area contributed by atoms with Crippen LogP contribution in [0, 0.1) is 10.8 Å². The summed E-state index contributed by atoms with van der Waals surface area (Å²) in [6.07, 6.45) is 0.619. The van der Waals surface area contributed by atoms with Gasteiger partial charge in [-0.05, 0) is 38.5 Å². The molecule has 0 bridgehead atoms. The van der Waals surface area contributed by atoms with Crippen molar-refractivity contribution in [2.75, 3.05) is 26.4 Å². The average Bonchev–Trinajstić information content (AvgIpc) is 2.83. The molecule has 0 saturated carbocycles. The lowest BCUT2D eigenvalue weighted by molar-refractivity contribution is -0.140. The number of benzene rings is 1. The molecule has 1 rings (SSSR count). The quantitative estimate of drug-likeness (QED) is 0.106. The molecule has 0 aliphatic heterocycles. The van der Waals surface area contributed by atoms with Gasteiger partial charge in [-0.3, -0.25) is 5.41 Å². The van der Waals surface area contributed by atoms with Crippen LogP contribution in [0.4, 0.5) is 0 Å². The molecule has 0 fully saturated rings. The van der Waals surface area contributed by atoms with Gasteiger partial charge in [0.15, 0.2) is 5.90 Å². The van der Waals surface area contributed by atoms with Gasteiger partial charge in [-0.15, -0.1) is 0 Å². The predicted molar refractivity (Wildman–Crippen MR) is 131 cm³/mol. The van der Waals surface area contributed by atoms with Gasteiger partial charge in [-0.1, -0.05) is 33.9 Å². The maximum Gasteiger partial charge on any atom is 0.338 e. The monoisotopic (exact) mass is 503 g/mol. The van der Waals surface area contributed by atoms with E-state index in [1.165, 1.54) is 32.0 Å². The maximum absolute atomic E-state index is 12.6. The summed E-state index contributed by atoms with van der Waals surface area (Å²) in [5, 5.41) is 8.24. The highest BCUT2D eigenvalue weighted by Crippen LogP contribution is 2.26. The van der Waals surface area contributed by atoms with Crippen molar-refractivity contribution in [3.05, 3.63) is 53.6 Å². The van der Waals surface area contributed by atoms with Crippen molar-refractivity contribution in [3.63, 3.8) is 0 Å². The van der Waals surface area contributed by atoms with Crippen LogP contribution in [-0.4, -0.2) is 56.2 Å². The summed E-state index contributed by atoms with van der Waals surface area (Å²) >= 11 is 0. The lowest BCUT2D eigenvalue weighted by atomic mass is 9.90. The number of hydrogen-bond donors (Lipinski definition) is 1. The molecule has 0 heterocycles. The van der Waals surface area contributed by atoms with Gasteiger partial charge in [0.05, 0.1) is 11.1 Å². The SMILES string of the molecule is C=C(C)C(=O)OCCOC(=O)c1cc(OC(=N)C(C)(C)CC)cc(C(=O)OCCOC(=O)C(=C)C)c1. The molecule has 0 atom stereocenters. The van der Waals surface area contributed by atoms with Crippen LogP contribution in [0.3, 0.4) is 0 Å². The summed E-state index contributed by atoms with van der Waals surface area (Å²) in [6, 6.07) is 3.90. The zero-order chi connectivity index (χ0) is 27.5. The molecule has 0 saturated heterocycles. The van der Waals surface area contributed by atoms with E-state index in [-0.39, 0.29) is 60.3 Å². The van der Waals surface area contributed by atoms with Crippen molar-refractivity contribution < 1.29 is 42.9 Å². The normalized spacial score (nSPS) is 10.6. The molecular weight excluding hydrogens is 470 g/mol. The van der Waals surface area contributed by atoms with Gasteiger partial charge in [0.2, 0.25) is 0 Å². The molecule has 0 radical (unpaired) electrons. The number of nitrogens with one attached hydrogen (secondary N) is 1. The Morgan fingerprint density at radius 1 is 0.778 bits per heavy atom. The first-order chi connectivity index (χ1) is 16.8. The van der Waals surface area contributed by atoms with E-state index >= 15 is 0 Å². The summed E-state index contributed by atoms with van der Waals surface area (Å²) in [5.74, 6) is -2.84. The van der Waals surface area contributed by atoms with Crippen molar-refractivity contribution in [1.29, 1.82) is 5.41 Å². The molecule has 0 unspecified atom stereocenters. The van der Waals surface area contributed by atoms with Crippen molar-refractivity contribution in [3.8, 4) is 5.75 Å². The molecule has 0 amide bonds. The molecule has 1 N–H and O–H groups in total. The Balaban J connectivity index is 3.00. The molecule has 0 aromatic heterocycles. The zero-order valence-electron chi connectivity index (χ0n) is 21.4. The van der Waals surface area contributed by atoms with E-state index in [2.05, 4.69) is 13.2 Å². The number of carbonyl (C=O) groups excluding carboxylic acids is 4. The molecule has 36 heavy (non-hydrogen) atoms. The molecule has 0 spiro atoms. The topological polar surface area (TPSA) is 138 Å². The number of ether oxygens (including phenoxy) is 5. The minimum absolute atomic E-state index is 0.0403. The molecular formula is C26H33NO9. The average molecular weight is 504 g/mol. The van der Waals surface area contributed by atoms with E-state index in [1.54, 1.807) is 0 Å². The third-order valence-corrected chi connectivity index (χ3v) is 4.89. The van der Waals surface area contributed by atoms with Crippen molar-refractivity contribution in [1.82, 2.24) is 0 Å². The van der Waals surface area contributed by atoms with Crippen LogP contribution < -0.4 is 4.74 Å². The fraction of sp³-hybridized carbons (Fsp3) is 0.423. The molecule has 1 aromatic rings. The van der Waals surface area contributed by atoms with E-state index in [0.29, 0.717) is 6.42 Å². The standard InChI is InChI=1S/C26H33NO9/c1-8-26(6,7)25(27)36-20-14-18(23(30)34-11-9-32-21(28)16(2)3)13-19(15-20)24(31)35-12-10-33-22(29)17(4)5/h13-15,27H,2,4,8-12H2,1,3,5-7H3. The van der Waals surface area contributed by atoms with E-state index in [9.17, 15) is 19.2 Å². The lowest BCUT2D eigenvalue weighted by Crippen LogP contribution is -2.27. The van der Waals surface area contributed by atoms with Gasteiger partial charge >= 0.3 is 23.9 Å². The fourth-order valence-corrected chi connectivity index (χ4v) is 2.26. The van der Waals surface area contributed by atoms with Crippen LogP contribution in [0.25, 0.3) is 0 Å². The van der Waals surface area contributed by atoms with Gasteiger partial charge in [-0.2, -0.15) is 0 Å². The first kappa shape index (κ1) is 30.1. The second kappa shape index (κ2) is 13.8. The van der Waals surface area contributed by atoms with Crippen molar-refractivity contribution in [2.24, 2.45) is 5.41 Å². The van der Waals surface area contributed by atoms with E-state index in [4.69, 9.17) is 29.1 Å². The van der Waals surface area contributed by atoms with Crippen LogP contribution in [0.15, 0.2) is 42.5 Å². The molecule has 0 aliphatic carbocycles. The summed E-state index contributed by atoms with van der Waals surface area (Å²) in [7, 11) is 0. The second-order valence-corrected chi connectivity index (χ2v) is 8.52. The highest BCUT2D eigenvalue weighted by atomic mass is 16.6. The Morgan fingerprint density at radius 3 is 1.53 bits per heavy atom. The predicted octanol–water partition coefficient (Wildman–Crippen LogP) is 4.03. The van der Waals surface area contributed by atoms with Gasteiger partial charge in [0.1, 0.15) is 32.2 Å². The van der Waals surface area contributed by atoms with Gasteiger partial charge in [-0.25, -0.2) is 19.2 Å². The molecule has 10 heteroatoms. The third-order valence-electron chi connectivity index (χ3n) is 4.89. The first-order valence-electron chi connectivity index (χ1n) is 11.2. The van der Waals surface area contributed by atoms with Crippen LogP contribution in [0.1, 0.15) is 61.8 Å². The Bertz CT molecular complexity index is 976. The summed E-state index contributed by atoms with van der Waals surface area (Å²) in [6.45, 7) is 14.6. The molecule has 196 valence electrons. The largest absolute Gasteiger partial charge is 0.459 e. The Labute approximate surface area is 210 Å². The third kappa shape index (κ3) is 9.73. The van der Waals surface area contributed by atoms with E-state index in [1.807, 2.05) is 20.8 Å². The van der Waals surface area contributed by atoms with Crippen molar-refractivity contribution in [2.45, 2.75) is 41.0 Å². The van der Waals surface area contributed by atoms with Crippen LogP contribution >= 0.6 is 0 Å². The summed E-state index contributed by atoms with van der Waals surface area (Å²) in [5.41, 5.74) is -0.248. The lowest BCUT2D eigenvalue weighted by Gasteiger charge is -2.23. The van der Waals surface area contributed by atoms with Crippen molar-refractivity contribution >= 4 is 29.8 Å². The second-order valence-electron chi connectivity index (χ2n) is 8.52. The zero-order valence-corrected chi connectivity index (χ0v) is 21.4. The number of rotatable bonds is 13. The van der Waals surface area contributed by atoms with Crippen LogP contribution in [0.2, 0.25) is 0 Å². The minimum atomic E-state index is -0.808. The Morgan fingerprint density at radius 2 is 1.17 bits per heavy atom. The van der Waals surface area contributed by atoms with Gasteiger partial charge < -0.3 is 23.7 Å². The summed E-state index contributed by atoms with van der Waals surface area (Å²) < 4.78 is 25.6. The van der Waals surface area contributed by atoms with Gasteiger partial charge in [0.25, 0.3) is 0 Å². The maximum atomic E-state index is 12.6. The first-order valence-corrected chi connectivity index (χ1v) is 11.2.